The quantitative estimate of drug-likeness (QED) is 0.275. The fraction of sp³-hybridized carbons (Fsp3) is 0.286. The van der Waals surface area contributed by atoms with E-state index in [-0.39, 0.29) is 17.0 Å². The molecular formula is C28H28FN5O5S. The van der Waals surface area contributed by atoms with Crippen LogP contribution in [0.1, 0.15) is 35.5 Å². The largest absolute Gasteiger partial charge is 0.494 e. The first kappa shape index (κ1) is 28.7. The second-order valence-corrected chi connectivity index (χ2v) is 11.4. The molecule has 0 radical (unpaired) electrons. The Morgan fingerprint density at radius 2 is 1.75 bits per heavy atom. The zero-order chi connectivity index (χ0) is 29.0. The number of methoxy groups -OCH3 is 3. The maximum Gasteiger partial charge on any atom is 0.170 e. The Labute approximate surface area is 231 Å². The topological polar surface area (TPSA) is 129 Å². The number of benzene rings is 2. The lowest BCUT2D eigenvalue weighted by Crippen LogP contribution is -2.29. The Balaban J connectivity index is 1.84. The summed E-state index contributed by atoms with van der Waals surface area (Å²) in [5.41, 5.74) is 2.02. The molecular weight excluding hydrogens is 537 g/mol. The van der Waals surface area contributed by atoms with E-state index in [4.69, 9.17) is 19.5 Å². The molecule has 208 valence electrons. The van der Waals surface area contributed by atoms with E-state index < -0.39 is 32.8 Å². The van der Waals surface area contributed by atoms with Crippen molar-refractivity contribution in [1.82, 2.24) is 19.7 Å². The highest BCUT2D eigenvalue weighted by atomic mass is 32.2. The van der Waals surface area contributed by atoms with E-state index in [1.54, 1.807) is 35.2 Å². The fourth-order valence-electron chi connectivity index (χ4n) is 4.46. The van der Waals surface area contributed by atoms with Crippen LogP contribution >= 0.6 is 0 Å². The third-order valence-electron chi connectivity index (χ3n) is 6.50. The van der Waals surface area contributed by atoms with Crippen molar-refractivity contribution in [2.24, 2.45) is 0 Å². The molecule has 0 aliphatic carbocycles. The molecule has 4 aromatic rings. The average Bonchev–Trinajstić information content (AvgIpc) is 3.35. The summed E-state index contributed by atoms with van der Waals surface area (Å²) in [4.78, 5) is 4.25. The fourth-order valence-corrected chi connectivity index (χ4v) is 5.90. The highest BCUT2D eigenvalue weighted by molar-refractivity contribution is 7.91. The Morgan fingerprint density at radius 1 is 1.05 bits per heavy atom. The smallest absolute Gasteiger partial charge is 0.170 e. The summed E-state index contributed by atoms with van der Waals surface area (Å²) in [5, 5.41) is 16.5. The molecule has 0 fully saturated rings. The molecule has 0 aliphatic rings. The lowest BCUT2D eigenvalue weighted by Gasteiger charge is -2.24. The zero-order valence-corrected chi connectivity index (χ0v) is 23.4. The van der Waals surface area contributed by atoms with Crippen LogP contribution < -0.4 is 9.47 Å². The Bertz CT molecular complexity index is 1660. The van der Waals surface area contributed by atoms with E-state index in [2.05, 4.69) is 15.2 Å². The predicted octanol–water partition coefficient (Wildman–Crippen LogP) is 4.36. The van der Waals surface area contributed by atoms with Crippen LogP contribution in [0.5, 0.6) is 11.5 Å². The van der Waals surface area contributed by atoms with Gasteiger partial charge in [-0.2, -0.15) is 5.26 Å². The Hall–Kier alpha value is -4.34. The molecule has 0 unspecified atom stereocenters. The maximum absolute atomic E-state index is 14.8. The maximum atomic E-state index is 14.8. The number of nitriles is 1. The zero-order valence-electron chi connectivity index (χ0n) is 22.6. The number of para-hydroxylation sites is 1. The van der Waals surface area contributed by atoms with Crippen LogP contribution in [-0.2, 0) is 20.3 Å². The van der Waals surface area contributed by atoms with Gasteiger partial charge in [-0.1, -0.05) is 12.1 Å². The molecule has 0 amide bonds. The molecule has 0 spiro atoms. The Kier molecular flexibility index (Phi) is 8.46. The molecule has 12 heteroatoms. The lowest BCUT2D eigenvalue weighted by molar-refractivity contribution is 0.0990. The van der Waals surface area contributed by atoms with Crippen molar-refractivity contribution in [3.63, 3.8) is 0 Å². The molecule has 4 rings (SSSR count). The van der Waals surface area contributed by atoms with Gasteiger partial charge >= 0.3 is 0 Å². The van der Waals surface area contributed by atoms with Crippen molar-refractivity contribution < 1.29 is 27.0 Å². The van der Waals surface area contributed by atoms with Crippen molar-refractivity contribution in [1.29, 1.82) is 5.26 Å². The SMILES string of the molecule is COc1cccc(OC)c1-n1c(CS(=O)(=O)[C@@H](C)[C@H](OC)c2ccc(C#N)cc2F)nnc1-c1cncc(C)c1. The van der Waals surface area contributed by atoms with Crippen LogP contribution in [0.2, 0.25) is 0 Å². The number of ether oxygens (including phenoxy) is 3. The first-order valence-corrected chi connectivity index (χ1v) is 13.9. The molecule has 2 aromatic carbocycles. The molecule has 2 atom stereocenters. The summed E-state index contributed by atoms with van der Waals surface area (Å²) in [5.74, 6) is -0.0627. The molecule has 0 bridgehead atoms. The van der Waals surface area contributed by atoms with Gasteiger partial charge in [-0.15, -0.1) is 10.2 Å². The minimum atomic E-state index is -4.03. The van der Waals surface area contributed by atoms with E-state index in [1.165, 1.54) is 40.4 Å². The number of nitrogens with zero attached hydrogens (tertiary/aromatic N) is 5. The molecule has 2 aromatic heterocycles. The van der Waals surface area contributed by atoms with Gasteiger partial charge in [0.2, 0.25) is 0 Å². The van der Waals surface area contributed by atoms with Crippen LogP contribution in [-0.4, -0.2) is 54.7 Å². The van der Waals surface area contributed by atoms with Crippen molar-refractivity contribution >= 4 is 9.84 Å². The van der Waals surface area contributed by atoms with Crippen molar-refractivity contribution in [3.8, 4) is 34.6 Å². The third kappa shape index (κ3) is 5.52. The van der Waals surface area contributed by atoms with Gasteiger partial charge in [0.05, 0.1) is 31.1 Å². The van der Waals surface area contributed by atoms with Gasteiger partial charge in [0.25, 0.3) is 0 Å². The minimum Gasteiger partial charge on any atom is -0.494 e. The van der Waals surface area contributed by atoms with E-state index >= 15 is 0 Å². The van der Waals surface area contributed by atoms with Crippen LogP contribution in [0, 0.1) is 24.1 Å². The number of sulfone groups is 1. The molecule has 40 heavy (non-hydrogen) atoms. The van der Waals surface area contributed by atoms with E-state index in [0.717, 1.165) is 11.6 Å². The molecule has 0 saturated heterocycles. The van der Waals surface area contributed by atoms with Gasteiger partial charge in [0.1, 0.15) is 34.9 Å². The second kappa shape index (κ2) is 11.8. The predicted molar refractivity (Wildman–Crippen MR) is 145 cm³/mol. The summed E-state index contributed by atoms with van der Waals surface area (Å²) in [6.45, 7) is 3.32. The molecule has 0 N–H and O–H groups in total. The second-order valence-electron chi connectivity index (χ2n) is 9.05. The van der Waals surface area contributed by atoms with Gasteiger partial charge in [-0.3, -0.25) is 9.55 Å². The number of pyridine rings is 1. The summed E-state index contributed by atoms with van der Waals surface area (Å²) >= 11 is 0. The van der Waals surface area contributed by atoms with Crippen LogP contribution in [0.4, 0.5) is 4.39 Å². The molecule has 0 saturated carbocycles. The first-order valence-electron chi connectivity index (χ1n) is 12.2. The number of aromatic nitrogens is 4. The van der Waals surface area contributed by atoms with Gasteiger partial charge in [0, 0.05) is 30.6 Å². The van der Waals surface area contributed by atoms with Crippen LogP contribution in [0.3, 0.4) is 0 Å². The lowest BCUT2D eigenvalue weighted by atomic mass is 10.0. The van der Waals surface area contributed by atoms with Crippen LogP contribution in [0.15, 0.2) is 54.9 Å². The number of aryl methyl sites for hydroxylation is 1. The summed E-state index contributed by atoms with van der Waals surface area (Å²) in [6, 6.07) is 12.7. The van der Waals surface area contributed by atoms with Gasteiger partial charge in [0.15, 0.2) is 21.5 Å². The van der Waals surface area contributed by atoms with Gasteiger partial charge in [-0.25, -0.2) is 12.8 Å². The standard InChI is InChI=1S/C28H28FN5O5S/c1-17-11-20(15-31-14-17)28-33-32-25(34(28)26-23(37-3)7-6-8-24(26)38-4)16-40(35,36)18(2)27(39-5)21-10-9-19(13-30)12-22(21)29/h6-12,14-15,18,27H,16H2,1-5H3/t18-,27-/m0/s1. The van der Waals surface area contributed by atoms with E-state index in [1.807, 2.05) is 19.1 Å². The number of rotatable bonds is 10. The summed E-state index contributed by atoms with van der Waals surface area (Å²) in [6.07, 6.45) is 2.15. The summed E-state index contributed by atoms with van der Waals surface area (Å²) in [7, 11) is 0.257. The van der Waals surface area contributed by atoms with Crippen molar-refractivity contribution in [2.75, 3.05) is 21.3 Å². The molecule has 2 heterocycles. The van der Waals surface area contributed by atoms with Crippen LogP contribution in [0.25, 0.3) is 17.1 Å². The van der Waals surface area contributed by atoms with Crippen molar-refractivity contribution in [2.45, 2.75) is 31.0 Å². The average molecular weight is 566 g/mol. The normalized spacial score (nSPS) is 12.9. The number of hydrogen-bond donors (Lipinski definition) is 0. The van der Waals surface area contributed by atoms with Gasteiger partial charge < -0.3 is 14.2 Å². The van der Waals surface area contributed by atoms with Gasteiger partial charge in [-0.05, 0) is 49.7 Å². The minimum absolute atomic E-state index is 0.0250. The third-order valence-corrected chi connectivity index (χ3v) is 8.54. The highest BCUT2D eigenvalue weighted by Gasteiger charge is 2.35. The first-order chi connectivity index (χ1) is 19.1. The molecule has 10 nitrogen and oxygen atoms in total. The van der Waals surface area contributed by atoms with Crippen molar-refractivity contribution in [3.05, 3.63) is 83.2 Å². The number of hydrogen-bond acceptors (Lipinski definition) is 9. The van der Waals surface area contributed by atoms with E-state index in [0.29, 0.717) is 28.6 Å². The highest BCUT2D eigenvalue weighted by Crippen LogP contribution is 2.37. The Morgan fingerprint density at radius 3 is 2.33 bits per heavy atom. The van der Waals surface area contributed by atoms with E-state index in [9.17, 15) is 12.8 Å². The monoisotopic (exact) mass is 565 g/mol. The molecule has 0 aliphatic heterocycles. The number of halogens is 1. The summed E-state index contributed by atoms with van der Waals surface area (Å²) < 4.78 is 60.6.